The summed E-state index contributed by atoms with van der Waals surface area (Å²) in [5.74, 6) is 0. The van der Waals surface area contributed by atoms with Gasteiger partial charge in [-0.3, -0.25) is 8.61 Å². The van der Waals surface area contributed by atoms with Gasteiger partial charge in [0.2, 0.25) is 11.2 Å². The first-order chi connectivity index (χ1) is 6.79. The molecular weight excluding hydrogens is 196 g/mol. The highest BCUT2D eigenvalue weighted by molar-refractivity contribution is 7.88. The van der Waals surface area contributed by atoms with Crippen LogP contribution in [0, 0.1) is 0 Å². The molecule has 1 atom stereocenters. The Kier molecular flexibility index (Phi) is 1.62. The Morgan fingerprint density at radius 2 is 2.29 bits per heavy atom. The largest absolute Gasteiger partial charge is 0.275 e. The lowest BCUT2D eigenvalue weighted by molar-refractivity contribution is 0.675. The predicted molar refractivity (Wildman–Crippen MR) is 58.7 cm³/mol. The molecule has 3 rings (SSSR count). The predicted octanol–water partition coefficient (Wildman–Crippen LogP) is 1.47. The first kappa shape index (κ1) is 8.29. The average molecular weight is 208 g/mol. The van der Waals surface area contributed by atoms with Crippen molar-refractivity contribution in [1.82, 2.24) is 0 Å². The molecule has 0 bridgehead atoms. The molecular formula is C10H12N2OS. The summed E-state index contributed by atoms with van der Waals surface area (Å²) >= 11 is -0.994. The number of nitrogens with zero attached hydrogens (tertiary/aromatic N) is 2. The maximum atomic E-state index is 11.9. The number of hydrogen-bond acceptors (Lipinski definition) is 1. The summed E-state index contributed by atoms with van der Waals surface area (Å²) in [5.41, 5.74) is 3.64. The lowest BCUT2D eigenvalue weighted by atomic mass is 10.0. The second-order valence-electron chi connectivity index (χ2n) is 3.72. The average Bonchev–Trinajstić information content (AvgIpc) is 2.47. The Morgan fingerprint density at radius 1 is 1.43 bits per heavy atom. The lowest BCUT2D eigenvalue weighted by Crippen LogP contribution is -2.32. The number of rotatable bonds is 0. The zero-order valence-corrected chi connectivity index (χ0v) is 8.88. The van der Waals surface area contributed by atoms with Crippen molar-refractivity contribution in [2.45, 2.75) is 12.8 Å². The van der Waals surface area contributed by atoms with Crippen molar-refractivity contribution in [3.8, 4) is 0 Å². The van der Waals surface area contributed by atoms with E-state index < -0.39 is 11.2 Å². The van der Waals surface area contributed by atoms with Gasteiger partial charge in [0.1, 0.15) is 0 Å². The van der Waals surface area contributed by atoms with Gasteiger partial charge in [0.05, 0.1) is 11.4 Å². The molecule has 0 aliphatic carbocycles. The van der Waals surface area contributed by atoms with Crippen LogP contribution in [0.3, 0.4) is 0 Å². The summed E-state index contributed by atoms with van der Waals surface area (Å²) in [6, 6.07) is 6.24. The zero-order valence-electron chi connectivity index (χ0n) is 8.06. The molecule has 14 heavy (non-hydrogen) atoms. The zero-order chi connectivity index (χ0) is 9.71. The van der Waals surface area contributed by atoms with Crippen LogP contribution in [0.1, 0.15) is 12.0 Å². The Morgan fingerprint density at radius 3 is 3.14 bits per heavy atom. The molecule has 74 valence electrons. The fourth-order valence-corrected chi connectivity index (χ4v) is 3.50. The van der Waals surface area contributed by atoms with Gasteiger partial charge in [0.25, 0.3) is 0 Å². The summed E-state index contributed by atoms with van der Waals surface area (Å²) in [7, 11) is 1.89. The van der Waals surface area contributed by atoms with Crippen LogP contribution in [-0.4, -0.2) is 17.8 Å². The van der Waals surface area contributed by atoms with E-state index in [1.54, 1.807) is 0 Å². The topological polar surface area (TPSA) is 23.6 Å². The van der Waals surface area contributed by atoms with Crippen LogP contribution in [0.25, 0.3) is 0 Å². The van der Waals surface area contributed by atoms with E-state index in [-0.39, 0.29) is 0 Å². The molecule has 2 heterocycles. The molecule has 0 amide bonds. The Balaban J connectivity index is 2.27. The summed E-state index contributed by atoms with van der Waals surface area (Å²) < 4.78 is 15.8. The SMILES string of the molecule is CN1c2cccc3c2N(CCC3)S1=O. The summed E-state index contributed by atoms with van der Waals surface area (Å²) in [6.45, 7) is 0.918. The van der Waals surface area contributed by atoms with Crippen LogP contribution in [0.15, 0.2) is 18.2 Å². The van der Waals surface area contributed by atoms with E-state index in [0.717, 1.165) is 25.1 Å². The summed E-state index contributed by atoms with van der Waals surface area (Å²) in [5, 5.41) is 0. The van der Waals surface area contributed by atoms with E-state index >= 15 is 0 Å². The fourth-order valence-electron chi connectivity index (χ4n) is 2.23. The van der Waals surface area contributed by atoms with E-state index in [2.05, 4.69) is 12.1 Å². The number of benzene rings is 1. The summed E-state index contributed by atoms with van der Waals surface area (Å²) in [4.78, 5) is 0. The van der Waals surface area contributed by atoms with Crippen molar-refractivity contribution >= 4 is 22.5 Å². The van der Waals surface area contributed by atoms with Gasteiger partial charge < -0.3 is 0 Å². The van der Waals surface area contributed by atoms with E-state index in [0.29, 0.717) is 0 Å². The van der Waals surface area contributed by atoms with Gasteiger partial charge >= 0.3 is 0 Å². The van der Waals surface area contributed by atoms with Gasteiger partial charge in [-0.15, -0.1) is 0 Å². The first-order valence-corrected chi connectivity index (χ1v) is 5.90. The molecule has 4 heteroatoms. The molecule has 2 aliphatic heterocycles. The second kappa shape index (κ2) is 2.73. The van der Waals surface area contributed by atoms with Crippen LogP contribution in [-0.2, 0) is 17.6 Å². The monoisotopic (exact) mass is 208 g/mol. The Labute approximate surface area is 86.0 Å². The molecule has 0 saturated carbocycles. The van der Waals surface area contributed by atoms with Crippen molar-refractivity contribution in [2.75, 3.05) is 22.2 Å². The van der Waals surface area contributed by atoms with Crippen molar-refractivity contribution < 1.29 is 4.21 Å². The normalized spacial score (nSPS) is 23.9. The molecule has 0 fully saturated rings. The molecule has 0 radical (unpaired) electrons. The van der Waals surface area contributed by atoms with Crippen molar-refractivity contribution in [1.29, 1.82) is 0 Å². The number of aryl methyl sites for hydroxylation is 1. The molecule has 2 aliphatic rings. The molecule has 0 spiro atoms. The van der Waals surface area contributed by atoms with E-state index in [9.17, 15) is 4.21 Å². The molecule has 1 unspecified atom stereocenters. The highest BCUT2D eigenvalue weighted by Gasteiger charge is 2.34. The van der Waals surface area contributed by atoms with Gasteiger partial charge in [0, 0.05) is 13.6 Å². The molecule has 1 aromatic carbocycles. The number of para-hydroxylation sites is 1. The molecule has 0 saturated heterocycles. The van der Waals surface area contributed by atoms with Gasteiger partial charge in [-0.2, -0.15) is 0 Å². The minimum Gasteiger partial charge on any atom is -0.275 e. The van der Waals surface area contributed by atoms with Crippen LogP contribution in [0.4, 0.5) is 11.4 Å². The third-order valence-electron chi connectivity index (χ3n) is 2.92. The molecule has 0 N–H and O–H groups in total. The van der Waals surface area contributed by atoms with E-state index in [1.165, 1.54) is 11.3 Å². The first-order valence-electron chi connectivity index (χ1n) is 4.84. The van der Waals surface area contributed by atoms with Crippen LogP contribution in [0.5, 0.6) is 0 Å². The number of anilines is 2. The van der Waals surface area contributed by atoms with E-state index in [4.69, 9.17) is 0 Å². The van der Waals surface area contributed by atoms with Gasteiger partial charge in [-0.05, 0) is 24.5 Å². The van der Waals surface area contributed by atoms with Crippen molar-refractivity contribution in [3.63, 3.8) is 0 Å². The fraction of sp³-hybridized carbons (Fsp3) is 0.400. The minimum atomic E-state index is -0.994. The quantitative estimate of drug-likeness (QED) is 0.633. The molecule has 3 nitrogen and oxygen atoms in total. The second-order valence-corrected chi connectivity index (χ2v) is 5.17. The highest BCUT2D eigenvalue weighted by atomic mass is 32.2. The maximum Gasteiger partial charge on any atom is 0.225 e. The maximum absolute atomic E-state index is 11.9. The lowest BCUT2D eigenvalue weighted by Gasteiger charge is -2.23. The van der Waals surface area contributed by atoms with Gasteiger partial charge in [-0.1, -0.05) is 12.1 Å². The summed E-state index contributed by atoms with van der Waals surface area (Å²) in [6.07, 6.45) is 2.22. The molecule has 1 aromatic rings. The standard InChI is InChI=1S/C10H12N2OS/c1-11-9-6-2-4-8-5-3-7-12(10(8)9)14(11)13/h2,4,6H,3,5,7H2,1H3. The van der Waals surface area contributed by atoms with Crippen molar-refractivity contribution in [2.24, 2.45) is 0 Å². The Hall–Kier alpha value is -1.03. The number of hydrogen-bond donors (Lipinski definition) is 0. The Bertz CT molecular complexity index is 419. The van der Waals surface area contributed by atoms with Gasteiger partial charge in [-0.25, -0.2) is 4.21 Å². The van der Waals surface area contributed by atoms with Crippen LogP contribution >= 0.6 is 0 Å². The smallest absolute Gasteiger partial charge is 0.225 e. The van der Waals surface area contributed by atoms with Crippen molar-refractivity contribution in [3.05, 3.63) is 23.8 Å². The third kappa shape index (κ3) is 0.892. The highest BCUT2D eigenvalue weighted by Crippen LogP contribution is 2.43. The van der Waals surface area contributed by atoms with E-state index in [1.807, 2.05) is 21.7 Å². The van der Waals surface area contributed by atoms with Crippen LogP contribution < -0.4 is 8.61 Å². The van der Waals surface area contributed by atoms with Gasteiger partial charge in [0.15, 0.2) is 0 Å². The molecule has 0 aromatic heterocycles. The third-order valence-corrected chi connectivity index (χ3v) is 4.32. The minimum absolute atomic E-state index is 0.918. The van der Waals surface area contributed by atoms with Crippen LogP contribution in [0.2, 0.25) is 0 Å².